The molecule has 2 N–H and O–H groups in total. The molecule has 28 heavy (non-hydrogen) atoms. The Balaban J connectivity index is 1.82. The highest BCUT2D eigenvalue weighted by Crippen LogP contribution is 2.39. The lowest BCUT2D eigenvalue weighted by atomic mass is 10.2. The van der Waals surface area contributed by atoms with Crippen molar-refractivity contribution in [3.63, 3.8) is 0 Å². The van der Waals surface area contributed by atoms with Crippen molar-refractivity contribution in [1.82, 2.24) is 10.3 Å². The van der Waals surface area contributed by atoms with Crippen LogP contribution < -0.4 is 29.6 Å². The quantitative estimate of drug-likeness (QED) is 0.712. The first-order chi connectivity index (χ1) is 13.6. The van der Waals surface area contributed by atoms with Gasteiger partial charge in [-0.25, -0.2) is 4.79 Å². The highest BCUT2D eigenvalue weighted by molar-refractivity contribution is 5.90. The smallest absolute Gasteiger partial charge is 0.319 e. The van der Waals surface area contributed by atoms with Crippen LogP contribution in [0.2, 0.25) is 0 Å². The standard InChI is InChI=1S/C20H23N3O5/c1-14-7-8-16(13-22-14)28-10-6-5-9-21-20(24)23-15-11-17(25-2)19(27-4)18(12-15)26-3/h7-8,11-13H,9-10H2,1-4H3,(H2,21,23,24). The molecule has 2 amide bonds. The molecular formula is C20H23N3O5. The van der Waals surface area contributed by atoms with E-state index in [-0.39, 0.29) is 13.2 Å². The summed E-state index contributed by atoms with van der Waals surface area (Å²) in [6.45, 7) is 2.28. The van der Waals surface area contributed by atoms with Gasteiger partial charge in [-0.2, -0.15) is 0 Å². The number of nitrogens with zero attached hydrogens (tertiary/aromatic N) is 1. The van der Waals surface area contributed by atoms with Crippen molar-refractivity contribution in [1.29, 1.82) is 0 Å². The number of anilines is 1. The molecule has 0 aliphatic heterocycles. The van der Waals surface area contributed by atoms with Gasteiger partial charge >= 0.3 is 6.03 Å². The van der Waals surface area contributed by atoms with Gasteiger partial charge in [-0.1, -0.05) is 11.8 Å². The topological polar surface area (TPSA) is 90.9 Å². The molecule has 0 unspecified atom stereocenters. The van der Waals surface area contributed by atoms with Gasteiger partial charge in [0.2, 0.25) is 5.75 Å². The van der Waals surface area contributed by atoms with Crippen LogP contribution in [-0.2, 0) is 0 Å². The van der Waals surface area contributed by atoms with Crippen molar-refractivity contribution in [3.05, 3.63) is 36.2 Å². The fourth-order valence-electron chi connectivity index (χ4n) is 2.23. The largest absolute Gasteiger partial charge is 0.493 e. The van der Waals surface area contributed by atoms with E-state index < -0.39 is 6.03 Å². The van der Waals surface area contributed by atoms with E-state index >= 15 is 0 Å². The number of carbonyl (C=O) groups excluding carboxylic acids is 1. The number of aromatic nitrogens is 1. The van der Waals surface area contributed by atoms with Crippen LogP contribution in [0, 0.1) is 18.8 Å². The number of ether oxygens (including phenoxy) is 4. The Morgan fingerprint density at radius 2 is 1.79 bits per heavy atom. The van der Waals surface area contributed by atoms with Crippen LogP contribution in [0.15, 0.2) is 30.5 Å². The molecule has 0 radical (unpaired) electrons. The molecule has 0 saturated heterocycles. The highest BCUT2D eigenvalue weighted by atomic mass is 16.5. The van der Waals surface area contributed by atoms with Crippen molar-refractivity contribution in [2.24, 2.45) is 0 Å². The van der Waals surface area contributed by atoms with E-state index in [1.807, 2.05) is 19.1 Å². The molecule has 8 nitrogen and oxygen atoms in total. The molecule has 1 heterocycles. The maximum Gasteiger partial charge on any atom is 0.319 e. The lowest BCUT2D eigenvalue weighted by Crippen LogP contribution is -2.29. The molecule has 0 spiro atoms. The van der Waals surface area contributed by atoms with Crippen molar-refractivity contribution in [2.75, 3.05) is 39.8 Å². The first-order valence-corrected chi connectivity index (χ1v) is 8.43. The summed E-state index contributed by atoms with van der Waals surface area (Å²) in [5, 5.41) is 5.33. The monoisotopic (exact) mass is 385 g/mol. The third-order valence-electron chi connectivity index (χ3n) is 3.58. The number of amides is 2. The molecule has 0 saturated carbocycles. The SMILES string of the molecule is COc1cc(NC(=O)NCC#CCOc2ccc(C)nc2)cc(OC)c1OC. The third kappa shape index (κ3) is 5.99. The zero-order valence-corrected chi connectivity index (χ0v) is 16.3. The normalized spacial score (nSPS) is 9.57. The minimum Gasteiger partial charge on any atom is -0.493 e. The molecule has 0 fully saturated rings. The van der Waals surface area contributed by atoms with Crippen LogP contribution in [0.5, 0.6) is 23.0 Å². The second kappa shape index (κ2) is 10.5. The first kappa shape index (κ1) is 20.7. The average molecular weight is 385 g/mol. The number of aryl methyl sites for hydroxylation is 1. The fourth-order valence-corrected chi connectivity index (χ4v) is 2.23. The number of carbonyl (C=O) groups is 1. The molecule has 8 heteroatoms. The fraction of sp³-hybridized carbons (Fsp3) is 0.300. The summed E-state index contributed by atoms with van der Waals surface area (Å²) in [5.41, 5.74) is 1.41. The zero-order chi connectivity index (χ0) is 20.4. The lowest BCUT2D eigenvalue weighted by Gasteiger charge is -2.14. The van der Waals surface area contributed by atoms with Gasteiger partial charge in [0.1, 0.15) is 12.4 Å². The van der Waals surface area contributed by atoms with Gasteiger partial charge < -0.3 is 29.6 Å². The van der Waals surface area contributed by atoms with E-state index in [4.69, 9.17) is 18.9 Å². The van der Waals surface area contributed by atoms with Gasteiger partial charge in [0.05, 0.1) is 39.8 Å². The van der Waals surface area contributed by atoms with Crippen molar-refractivity contribution >= 4 is 11.7 Å². The van der Waals surface area contributed by atoms with Crippen molar-refractivity contribution < 1.29 is 23.7 Å². The Morgan fingerprint density at radius 1 is 1.07 bits per heavy atom. The molecule has 148 valence electrons. The second-order valence-corrected chi connectivity index (χ2v) is 5.50. The van der Waals surface area contributed by atoms with Crippen molar-refractivity contribution in [2.45, 2.75) is 6.92 Å². The number of urea groups is 1. The average Bonchev–Trinajstić information content (AvgIpc) is 2.71. The molecule has 0 aliphatic rings. The summed E-state index contributed by atoms with van der Waals surface area (Å²) < 4.78 is 21.2. The molecule has 0 atom stereocenters. The maximum absolute atomic E-state index is 12.0. The highest BCUT2D eigenvalue weighted by Gasteiger charge is 2.14. The van der Waals surface area contributed by atoms with Crippen LogP contribution in [0.1, 0.15) is 5.69 Å². The Hall–Kier alpha value is -3.60. The lowest BCUT2D eigenvalue weighted by molar-refractivity contribution is 0.253. The first-order valence-electron chi connectivity index (χ1n) is 8.43. The van der Waals surface area contributed by atoms with E-state index in [0.717, 1.165) is 5.69 Å². The van der Waals surface area contributed by atoms with Crippen LogP contribution >= 0.6 is 0 Å². The molecule has 2 rings (SSSR count). The Kier molecular flexibility index (Phi) is 7.78. The number of rotatable bonds is 7. The van der Waals surface area contributed by atoms with E-state index in [2.05, 4.69) is 27.5 Å². The summed E-state index contributed by atoms with van der Waals surface area (Å²) in [4.78, 5) is 16.1. The van der Waals surface area contributed by atoms with Crippen molar-refractivity contribution in [3.8, 4) is 34.8 Å². The molecule has 1 aromatic heterocycles. The predicted octanol–water partition coefficient (Wildman–Crippen LogP) is 2.62. The van der Waals surface area contributed by atoms with Crippen LogP contribution in [0.3, 0.4) is 0 Å². The van der Waals surface area contributed by atoms with E-state index in [1.165, 1.54) is 21.3 Å². The number of nitrogens with one attached hydrogen (secondary N) is 2. The Morgan fingerprint density at radius 3 is 2.36 bits per heavy atom. The number of methoxy groups -OCH3 is 3. The minimum atomic E-state index is -0.410. The predicted molar refractivity (Wildman–Crippen MR) is 105 cm³/mol. The van der Waals surface area contributed by atoms with E-state index in [9.17, 15) is 4.79 Å². The summed E-state index contributed by atoms with van der Waals surface area (Å²) in [7, 11) is 4.52. The number of hydrogen-bond acceptors (Lipinski definition) is 6. The molecule has 2 aromatic rings. The summed E-state index contributed by atoms with van der Waals surface area (Å²) in [5.74, 6) is 7.61. The van der Waals surface area contributed by atoms with Gasteiger partial charge in [-0.3, -0.25) is 4.98 Å². The number of benzene rings is 1. The molecular weight excluding hydrogens is 362 g/mol. The van der Waals surface area contributed by atoms with E-state index in [0.29, 0.717) is 28.7 Å². The number of hydrogen-bond donors (Lipinski definition) is 2. The summed E-state index contributed by atoms with van der Waals surface area (Å²) in [6, 6.07) is 6.55. The van der Waals surface area contributed by atoms with Gasteiger partial charge in [0, 0.05) is 17.8 Å². The molecule has 0 bridgehead atoms. The summed E-state index contributed by atoms with van der Waals surface area (Å²) >= 11 is 0. The van der Waals surface area contributed by atoms with Gasteiger partial charge in [-0.05, 0) is 19.1 Å². The zero-order valence-electron chi connectivity index (χ0n) is 16.3. The van der Waals surface area contributed by atoms with Crippen LogP contribution in [0.25, 0.3) is 0 Å². The third-order valence-corrected chi connectivity index (χ3v) is 3.58. The molecule has 1 aromatic carbocycles. The molecule has 0 aliphatic carbocycles. The maximum atomic E-state index is 12.0. The minimum absolute atomic E-state index is 0.172. The van der Waals surface area contributed by atoms with E-state index in [1.54, 1.807) is 18.3 Å². The van der Waals surface area contributed by atoms with Gasteiger partial charge in [0.15, 0.2) is 11.5 Å². The Bertz CT molecular complexity index is 831. The van der Waals surface area contributed by atoms with Gasteiger partial charge in [0.25, 0.3) is 0 Å². The second-order valence-electron chi connectivity index (χ2n) is 5.50. The van der Waals surface area contributed by atoms with Gasteiger partial charge in [-0.15, -0.1) is 0 Å². The Labute approximate surface area is 164 Å². The van der Waals surface area contributed by atoms with Crippen LogP contribution in [-0.4, -0.2) is 45.5 Å². The summed E-state index contributed by atoms with van der Waals surface area (Å²) in [6.07, 6.45) is 1.64. The van der Waals surface area contributed by atoms with Crippen LogP contribution in [0.4, 0.5) is 10.5 Å². The number of pyridine rings is 1.